The Bertz CT molecular complexity index is 604. The first kappa shape index (κ1) is 17.8. The summed E-state index contributed by atoms with van der Waals surface area (Å²) in [5.41, 5.74) is 1.27. The minimum Gasteiger partial charge on any atom is -0.480 e. The molecule has 0 aliphatic heterocycles. The number of hydrogen-bond acceptors (Lipinski definition) is 3. The molecule has 0 fully saturated rings. The number of hydrogen-bond donors (Lipinski definition) is 1. The minimum absolute atomic E-state index is 0.430. The molecule has 122 valence electrons. The summed E-state index contributed by atoms with van der Waals surface area (Å²) in [4.78, 5) is 15.5. The molecule has 2 aromatic rings. The fourth-order valence-electron chi connectivity index (χ4n) is 2.28. The summed E-state index contributed by atoms with van der Waals surface area (Å²) in [7, 11) is 0. The monoisotopic (exact) mass is 349 g/mol. The van der Waals surface area contributed by atoms with Crippen molar-refractivity contribution in [2.45, 2.75) is 42.4 Å². The van der Waals surface area contributed by atoms with E-state index in [9.17, 15) is 9.90 Å². The Hall–Kier alpha value is -1.52. The Morgan fingerprint density at radius 1 is 1.13 bits per heavy atom. The second-order valence-corrected chi connectivity index (χ2v) is 7.00. The second-order valence-electron chi connectivity index (χ2n) is 5.34. The van der Waals surface area contributed by atoms with Crippen LogP contribution in [0.5, 0.6) is 0 Å². The van der Waals surface area contributed by atoms with Gasteiger partial charge in [0, 0.05) is 11.2 Å². The van der Waals surface area contributed by atoms with Crippen LogP contribution in [0, 0.1) is 0 Å². The molecule has 0 saturated carbocycles. The molecule has 1 atom stereocenters. The number of carboxylic acid groups (broad SMARTS) is 1. The highest BCUT2D eigenvalue weighted by atomic mass is 35.5. The number of aryl methyl sites for hydroxylation is 1. The van der Waals surface area contributed by atoms with Crippen molar-refractivity contribution in [2.24, 2.45) is 0 Å². The zero-order chi connectivity index (χ0) is 16.5. The Morgan fingerprint density at radius 3 is 2.57 bits per heavy atom. The van der Waals surface area contributed by atoms with E-state index in [2.05, 4.69) is 4.98 Å². The largest absolute Gasteiger partial charge is 0.480 e. The normalized spacial score (nSPS) is 12.0. The number of thioether (sulfide) groups is 1. The molecular weight excluding hydrogens is 330 g/mol. The first-order valence-electron chi connectivity index (χ1n) is 7.70. The fourth-order valence-corrected chi connectivity index (χ4v) is 3.36. The van der Waals surface area contributed by atoms with Crippen molar-refractivity contribution < 1.29 is 9.90 Å². The predicted octanol–water partition coefficient (Wildman–Crippen LogP) is 5.08. The number of carboxylic acids is 1. The van der Waals surface area contributed by atoms with Gasteiger partial charge in [-0.25, -0.2) is 4.98 Å². The highest BCUT2D eigenvalue weighted by Crippen LogP contribution is 2.25. The van der Waals surface area contributed by atoms with E-state index in [1.54, 1.807) is 6.20 Å². The summed E-state index contributed by atoms with van der Waals surface area (Å²) in [5.74, 6) is -0.765. The van der Waals surface area contributed by atoms with Gasteiger partial charge in [0.1, 0.15) is 5.25 Å². The average molecular weight is 350 g/mol. The molecule has 1 aromatic heterocycles. The molecule has 0 amide bonds. The van der Waals surface area contributed by atoms with Crippen molar-refractivity contribution in [3.05, 3.63) is 59.2 Å². The van der Waals surface area contributed by atoms with Crippen LogP contribution >= 0.6 is 23.4 Å². The molecule has 5 heteroatoms. The average Bonchev–Trinajstić information content (AvgIpc) is 2.56. The number of unbranched alkanes of at least 4 members (excludes halogenated alkanes) is 2. The molecule has 0 bridgehead atoms. The summed E-state index contributed by atoms with van der Waals surface area (Å²) >= 11 is 7.19. The van der Waals surface area contributed by atoms with Crippen LogP contribution in [0.15, 0.2) is 53.7 Å². The van der Waals surface area contributed by atoms with Crippen LogP contribution in [0.3, 0.4) is 0 Å². The summed E-state index contributed by atoms with van der Waals surface area (Å²) in [6.45, 7) is 0. The lowest BCUT2D eigenvalue weighted by atomic mass is 10.1. The van der Waals surface area contributed by atoms with Crippen molar-refractivity contribution in [1.82, 2.24) is 4.98 Å². The lowest BCUT2D eigenvalue weighted by Gasteiger charge is -2.11. The van der Waals surface area contributed by atoms with Crippen LogP contribution in [0.2, 0.25) is 5.02 Å². The topological polar surface area (TPSA) is 50.2 Å². The smallest absolute Gasteiger partial charge is 0.317 e. The maximum atomic E-state index is 11.4. The summed E-state index contributed by atoms with van der Waals surface area (Å²) in [6, 6.07) is 13.4. The molecule has 1 N–H and O–H groups in total. The van der Waals surface area contributed by atoms with Crippen LogP contribution in [-0.2, 0) is 11.2 Å². The van der Waals surface area contributed by atoms with Gasteiger partial charge in [0.05, 0.1) is 5.03 Å². The van der Waals surface area contributed by atoms with E-state index in [-0.39, 0.29) is 0 Å². The highest BCUT2D eigenvalue weighted by molar-refractivity contribution is 8.00. The maximum absolute atomic E-state index is 11.4. The van der Waals surface area contributed by atoms with Crippen molar-refractivity contribution in [3.63, 3.8) is 0 Å². The van der Waals surface area contributed by atoms with Gasteiger partial charge in [-0.1, -0.05) is 54.4 Å². The van der Waals surface area contributed by atoms with Gasteiger partial charge in [0.15, 0.2) is 0 Å². The quantitative estimate of drug-likeness (QED) is 0.506. The molecule has 1 unspecified atom stereocenters. The zero-order valence-corrected chi connectivity index (χ0v) is 14.4. The number of aromatic nitrogens is 1. The van der Waals surface area contributed by atoms with Crippen LogP contribution in [-0.4, -0.2) is 21.3 Å². The molecule has 0 spiro atoms. The van der Waals surface area contributed by atoms with Crippen LogP contribution in [0.25, 0.3) is 0 Å². The van der Waals surface area contributed by atoms with Crippen molar-refractivity contribution in [3.8, 4) is 0 Å². The Balaban J connectivity index is 1.70. The number of carbonyl (C=O) groups is 1. The maximum Gasteiger partial charge on any atom is 0.317 e. The number of rotatable bonds is 9. The van der Waals surface area contributed by atoms with Crippen molar-refractivity contribution in [1.29, 1.82) is 0 Å². The van der Waals surface area contributed by atoms with Gasteiger partial charge in [0.2, 0.25) is 0 Å². The summed E-state index contributed by atoms with van der Waals surface area (Å²) in [5, 5.41) is 10.4. The Morgan fingerprint density at radius 2 is 1.91 bits per heavy atom. The van der Waals surface area contributed by atoms with Gasteiger partial charge >= 0.3 is 5.97 Å². The van der Waals surface area contributed by atoms with Gasteiger partial charge in [0.25, 0.3) is 0 Å². The third-order valence-electron chi connectivity index (χ3n) is 3.52. The molecular formula is C18H20ClNO2S. The van der Waals surface area contributed by atoms with Crippen LogP contribution < -0.4 is 0 Å². The Labute approximate surface area is 146 Å². The molecule has 1 aromatic carbocycles. The lowest BCUT2D eigenvalue weighted by Crippen LogP contribution is -2.16. The summed E-state index contributed by atoms with van der Waals surface area (Å²) < 4.78 is 0. The standard InChI is InChI=1S/C18H20ClNO2S/c19-15-11-9-14(10-12-15)6-2-1-3-7-16(18(21)22)23-17-8-4-5-13-20-17/h4-5,8-13,16H,1-3,6-7H2,(H,21,22). The van der Waals surface area contributed by atoms with E-state index in [0.29, 0.717) is 6.42 Å². The SMILES string of the molecule is O=C(O)C(CCCCCc1ccc(Cl)cc1)Sc1ccccn1. The molecule has 0 aliphatic rings. The zero-order valence-electron chi connectivity index (χ0n) is 12.8. The molecule has 0 radical (unpaired) electrons. The lowest BCUT2D eigenvalue weighted by molar-refractivity contribution is -0.136. The van der Waals surface area contributed by atoms with Gasteiger partial charge in [-0.3, -0.25) is 4.79 Å². The number of benzene rings is 1. The van der Waals surface area contributed by atoms with E-state index in [1.807, 2.05) is 42.5 Å². The van der Waals surface area contributed by atoms with E-state index in [0.717, 1.165) is 35.7 Å². The second kappa shape index (κ2) is 9.58. The van der Waals surface area contributed by atoms with Gasteiger partial charge in [-0.2, -0.15) is 0 Å². The first-order valence-corrected chi connectivity index (χ1v) is 8.96. The van der Waals surface area contributed by atoms with Gasteiger partial charge in [-0.15, -0.1) is 0 Å². The fraction of sp³-hybridized carbons (Fsp3) is 0.333. The first-order chi connectivity index (χ1) is 11.1. The molecule has 0 aliphatic carbocycles. The number of nitrogens with zero attached hydrogens (tertiary/aromatic N) is 1. The third-order valence-corrected chi connectivity index (χ3v) is 4.98. The summed E-state index contributed by atoms with van der Waals surface area (Å²) in [6.07, 6.45) is 6.34. The van der Waals surface area contributed by atoms with Crippen LogP contribution in [0.1, 0.15) is 31.2 Å². The molecule has 3 nitrogen and oxygen atoms in total. The number of halogens is 1. The minimum atomic E-state index is -0.765. The third kappa shape index (κ3) is 6.63. The highest BCUT2D eigenvalue weighted by Gasteiger charge is 2.18. The van der Waals surface area contributed by atoms with Crippen molar-refractivity contribution in [2.75, 3.05) is 0 Å². The number of pyridine rings is 1. The molecule has 23 heavy (non-hydrogen) atoms. The molecule has 0 saturated heterocycles. The van der Waals surface area contributed by atoms with E-state index in [4.69, 9.17) is 11.6 Å². The van der Waals surface area contributed by atoms with Gasteiger partial charge in [-0.05, 0) is 49.1 Å². The molecule has 2 rings (SSSR count). The van der Waals surface area contributed by atoms with E-state index >= 15 is 0 Å². The molecule has 1 heterocycles. The van der Waals surface area contributed by atoms with Crippen LogP contribution in [0.4, 0.5) is 0 Å². The predicted molar refractivity (Wildman–Crippen MR) is 95.1 cm³/mol. The Kier molecular flexibility index (Phi) is 7.43. The van der Waals surface area contributed by atoms with Gasteiger partial charge < -0.3 is 5.11 Å². The number of aliphatic carboxylic acids is 1. The van der Waals surface area contributed by atoms with E-state index in [1.165, 1.54) is 17.3 Å². The van der Waals surface area contributed by atoms with Crippen molar-refractivity contribution >= 4 is 29.3 Å². The van der Waals surface area contributed by atoms with E-state index < -0.39 is 11.2 Å².